The van der Waals surface area contributed by atoms with Crippen LogP contribution in [0.2, 0.25) is 0 Å². The third kappa shape index (κ3) is 2.28. The summed E-state index contributed by atoms with van der Waals surface area (Å²) in [7, 11) is 1.34. The van der Waals surface area contributed by atoms with E-state index in [1.165, 1.54) is 7.11 Å². The second-order valence-electron chi connectivity index (χ2n) is 3.23. The summed E-state index contributed by atoms with van der Waals surface area (Å²) < 4.78 is 9.87. The molecule has 14 heavy (non-hydrogen) atoms. The number of hydrogen-bond acceptors (Lipinski definition) is 3. The molecule has 1 rings (SSSR count). The summed E-state index contributed by atoms with van der Waals surface area (Å²) in [6.45, 7) is 5.63. The number of ether oxygens (including phenoxy) is 1. The van der Waals surface area contributed by atoms with Crippen molar-refractivity contribution in [1.29, 1.82) is 0 Å². The molecule has 0 fully saturated rings. The Balaban J connectivity index is 2.73. The van der Waals surface area contributed by atoms with Crippen LogP contribution in [0.15, 0.2) is 10.5 Å². The Morgan fingerprint density at radius 1 is 1.57 bits per heavy atom. The van der Waals surface area contributed by atoms with Crippen LogP contribution < -0.4 is 5.32 Å². The summed E-state index contributed by atoms with van der Waals surface area (Å²) >= 11 is 0. The Kier molecular flexibility index (Phi) is 3.17. The average molecular weight is 197 g/mol. The van der Waals surface area contributed by atoms with Crippen LogP contribution in [0.25, 0.3) is 0 Å². The van der Waals surface area contributed by atoms with E-state index >= 15 is 0 Å². The minimum atomic E-state index is -0.434. The number of alkyl carbamates (subject to hydrolysis) is 1. The van der Waals surface area contributed by atoms with Crippen molar-refractivity contribution in [2.75, 3.05) is 7.11 Å². The molecule has 1 unspecified atom stereocenters. The summed E-state index contributed by atoms with van der Waals surface area (Å²) in [5.74, 6) is 1.67. The quantitative estimate of drug-likeness (QED) is 0.791. The zero-order chi connectivity index (χ0) is 10.7. The summed E-state index contributed by atoms with van der Waals surface area (Å²) in [5, 5.41) is 2.68. The van der Waals surface area contributed by atoms with Crippen molar-refractivity contribution in [2.24, 2.45) is 0 Å². The monoisotopic (exact) mass is 197 g/mol. The lowest BCUT2D eigenvalue weighted by Gasteiger charge is -2.11. The third-order valence-corrected chi connectivity index (χ3v) is 2.07. The second-order valence-corrected chi connectivity index (χ2v) is 3.23. The van der Waals surface area contributed by atoms with Crippen LogP contribution in [0.5, 0.6) is 0 Å². The highest BCUT2D eigenvalue weighted by molar-refractivity contribution is 5.67. The number of amides is 1. The molecular formula is C10H15NO3. The number of furan rings is 1. The van der Waals surface area contributed by atoms with Crippen molar-refractivity contribution < 1.29 is 13.9 Å². The zero-order valence-electron chi connectivity index (χ0n) is 8.88. The van der Waals surface area contributed by atoms with E-state index in [4.69, 9.17) is 4.42 Å². The van der Waals surface area contributed by atoms with Gasteiger partial charge in [0, 0.05) is 5.56 Å². The van der Waals surface area contributed by atoms with Crippen LogP contribution in [-0.4, -0.2) is 13.2 Å². The van der Waals surface area contributed by atoms with E-state index in [1.807, 2.05) is 26.8 Å². The Labute approximate surface area is 83.2 Å². The van der Waals surface area contributed by atoms with Crippen molar-refractivity contribution in [1.82, 2.24) is 5.32 Å². The van der Waals surface area contributed by atoms with Gasteiger partial charge in [-0.25, -0.2) is 4.79 Å². The minimum Gasteiger partial charge on any atom is -0.466 e. The topological polar surface area (TPSA) is 51.5 Å². The lowest BCUT2D eigenvalue weighted by Crippen LogP contribution is -2.26. The maximum absolute atomic E-state index is 10.9. The lowest BCUT2D eigenvalue weighted by atomic mass is 10.1. The van der Waals surface area contributed by atoms with E-state index in [1.54, 1.807) is 0 Å². The fourth-order valence-corrected chi connectivity index (χ4v) is 1.39. The lowest BCUT2D eigenvalue weighted by molar-refractivity contribution is 0.167. The highest BCUT2D eigenvalue weighted by Gasteiger charge is 2.14. The number of rotatable bonds is 2. The fourth-order valence-electron chi connectivity index (χ4n) is 1.39. The predicted octanol–water partition coefficient (Wildman–Crippen LogP) is 2.31. The van der Waals surface area contributed by atoms with Crippen molar-refractivity contribution in [3.63, 3.8) is 0 Å². The SMILES string of the molecule is COC(=O)NC(C)c1cc(C)oc1C. The van der Waals surface area contributed by atoms with Crippen LogP contribution in [0, 0.1) is 13.8 Å². The molecule has 1 heterocycles. The molecule has 0 radical (unpaired) electrons. The molecule has 0 aromatic carbocycles. The minimum absolute atomic E-state index is 0.0973. The van der Waals surface area contributed by atoms with Crippen molar-refractivity contribution in [3.05, 3.63) is 23.2 Å². The summed E-state index contributed by atoms with van der Waals surface area (Å²) in [6.07, 6.45) is -0.434. The van der Waals surface area contributed by atoms with Crippen LogP contribution >= 0.6 is 0 Å². The molecule has 0 saturated carbocycles. The van der Waals surface area contributed by atoms with E-state index in [2.05, 4.69) is 10.1 Å². The normalized spacial score (nSPS) is 12.3. The van der Waals surface area contributed by atoms with E-state index < -0.39 is 6.09 Å². The third-order valence-electron chi connectivity index (χ3n) is 2.07. The van der Waals surface area contributed by atoms with Gasteiger partial charge in [-0.15, -0.1) is 0 Å². The van der Waals surface area contributed by atoms with Gasteiger partial charge >= 0.3 is 6.09 Å². The molecule has 0 saturated heterocycles. The van der Waals surface area contributed by atoms with Gasteiger partial charge in [0.1, 0.15) is 11.5 Å². The molecule has 1 atom stereocenters. The maximum Gasteiger partial charge on any atom is 0.407 e. The maximum atomic E-state index is 10.9. The Morgan fingerprint density at radius 3 is 2.64 bits per heavy atom. The largest absolute Gasteiger partial charge is 0.466 e. The van der Waals surface area contributed by atoms with Crippen LogP contribution in [-0.2, 0) is 4.74 Å². The molecule has 4 heteroatoms. The number of carbonyl (C=O) groups is 1. The second kappa shape index (κ2) is 4.17. The Hall–Kier alpha value is -1.45. The first-order valence-corrected chi connectivity index (χ1v) is 4.46. The first kappa shape index (κ1) is 10.6. The van der Waals surface area contributed by atoms with E-state index in [0.717, 1.165) is 17.1 Å². The van der Waals surface area contributed by atoms with E-state index in [-0.39, 0.29) is 6.04 Å². The number of nitrogens with one attached hydrogen (secondary N) is 1. The van der Waals surface area contributed by atoms with Gasteiger partial charge in [-0.3, -0.25) is 0 Å². The fraction of sp³-hybridized carbons (Fsp3) is 0.500. The van der Waals surface area contributed by atoms with Crippen molar-refractivity contribution >= 4 is 6.09 Å². The highest BCUT2D eigenvalue weighted by Crippen LogP contribution is 2.20. The highest BCUT2D eigenvalue weighted by atomic mass is 16.5. The molecule has 78 valence electrons. The van der Waals surface area contributed by atoms with Gasteiger partial charge in [0.15, 0.2) is 0 Å². The molecular weight excluding hydrogens is 182 g/mol. The van der Waals surface area contributed by atoms with Crippen LogP contribution in [0.3, 0.4) is 0 Å². The molecule has 0 aliphatic carbocycles. The van der Waals surface area contributed by atoms with Gasteiger partial charge in [0.25, 0.3) is 0 Å². The molecule has 0 aliphatic rings. The molecule has 0 bridgehead atoms. The van der Waals surface area contributed by atoms with Crippen molar-refractivity contribution in [2.45, 2.75) is 26.8 Å². The van der Waals surface area contributed by atoms with Gasteiger partial charge in [-0.1, -0.05) is 0 Å². The predicted molar refractivity (Wildman–Crippen MR) is 52.1 cm³/mol. The molecule has 1 aromatic rings. The Bertz CT molecular complexity index is 330. The number of aryl methyl sites for hydroxylation is 2. The van der Waals surface area contributed by atoms with E-state index in [0.29, 0.717) is 0 Å². The van der Waals surface area contributed by atoms with Crippen LogP contribution in [0.1, 0.15) is 30.0 Å². The van der Waals surface area contributed by atoms with Gasteiger partial charge in [-0.2, -0.15) is 0 Å². The first-order valence-electron chi connectivity index (χ1n) is 4.46. The molecule has 4 nitrogen and oxygen atoms in total. The number of hydrogen-bond donors (Lipinski definition) is 1. The van der Waals surface area contributed by atoms with Gasteiger partial charge in [-0.05, 0) is 26.8 Å². The molecule has 1 aromatic heterocycles. The van der Waals surface area contributed by atoms with Crippen molar-refractivity contribution in [3.8, 4) is 0 Å². The standard InChI is InChI=1S/C10H15NO3/c1-6-5-9(8(3)14-6)7(2)11-10(12)13-4/h5,7H,1-4H3,(H,11,12). The Morgan fingerprint density at radius 2 is 2.21 bits per heavy atom. The molecule has 1 amide bonds. The summed E-state index contributed by atoms with van der Waals surface area (Å²) in [5.41, 5.74) is 0.980. The molecule has 0 aliphatic heterocycles. The summed E-state index contributed by atoms with van der Waals surface area (Å²) in [6, 6.07) is 1.82. The first-order chi connectivity index (χ1) is 6.54. The van der Waals surface area contributed by atoms with Gasteiger partial charge in [0.05, 0.1) is 13.2 Å². The molecule has 0 spiro atoms. The van der Waals surface area contributed by atoms with Gasteiger partial charge in [0.2, 0.25) is 0 Å². The number of carbonyl (C=O) groups excluding carboxylic acids is 1. The zero-order valence-corrected chi connectivity index (χ0v) is 8.88. The smallest absolute Gasteiger partial charge is 0.407 e. The average Bonchev–Trinajstić information content (AvgIpc) is 2.45. The summed E-state index contributed by atoms with van der Waals surface area (Å²) in [4.78, 5) is 10.9. The van der Waals surface area contributed by atoms with Gasteiger partial charge < -0.3 is 14.5 Å². The number of methoxy groups -OCH3 is 1. The molecule has 1 N–H and O–H groups in total. The van der Waals surface area contributed by atoms with Crippen LogP contribution in [0.4, 0.5) is 4.79 Å². The van der Waals surface area contributed by atoms with E-state index in [9.17, 15) is 4.79 Å².